The first kappa shape index (κ1) is 13.1. The lowest BCUT2D eigenvalue weighted by Gasteiger charge is -2.10. The van der Waals surface area contributed by atoms with E-state index >= 15 is 0 Å². The molecule has 2 aromatic rings. The summed E-state index contributed by atoms with van der Waals surface area (Å²) in [7, 11) is 0. The number of hydrogen-bond donors (Lipinski definition) is 1. The zero-order valence-electron chi connectivity index (χ0n) is 9.61. The van der Waals surface area contributed by atoms with Crippen LogP contribution in [0.4, 0.5) is 13.2 Å². The highest BCUT2D eigenvalue weighted by molar-refractivity contribution is 5.89. The number of hydrogen-bond acceptors (Lipinski definition) is 1. The Hall–Kier alpha value is -2.30. The van der Waals surface area contributed by atoms with E-state index in [2.05, 4.69) is 0 Å². The van der Waals surface area contributed by atoms with E-state index in [-0.39, 0.29) is 11.1 Å². The number of aromatic carboxylic acids is 1. The Morgan fingerprint density at radius 1 is 0.947 bits per heavy atom. The van der Waals surface area contributed by atoms with Gasteiger partial charge in [-0.2, -0.15) is 13.2 Å². The van der Waals surface area contributed by atoms with Gasteiger partial charge in [0.05, 0.1) is 11.1 Å². The second kappa shape index (κ2) is 4.76. The van der Waals surface area contributed by atoms with Crippen molar-refractivity contribution >= 4 is 5.97 Å². The smallest absolute Gasteiger partial charge is 0.416 e. The van der Waals surface area contributed by atoms with Gasteiger partial charge in [-0.3, -0.25) is 0 Å². The molecule has 2 rings (SSSR count). The number of carbonyl (C=O) groups is 1. The Balaban J connectivity index is 2.62. The van der Waals surface area contributed by atoms with Gasteiger partial charge < -0.3 is 5.11 Å². The molecule has 0 aliphatic rings. The second-order valence-electron chi connectivity index (χ2n) is 3.97. The fraction of sp³-hybridized carbons (Fsp3) is 0.0714. The third-order valence-corrected chi connectivity index (χ3v) is 2.61. The van der Waals surface area contributed by atoms with E-state index in [0.29, 0.717) is 11.6 Å². The number of carboxylic acid groups (broad SMARTS) is 1. The summed E-state index contributed by atoms with van der Waals surface area (Å²) in [4.78, 5) is 10.9. The van der Waals surface area contributed by atoms with Gasteiger partial charge >= 0.3 is 12.1 Å². The zero-order valence-corrected chi connectivity index (χ0v) is 9.61. The van der Waals surface area contributed by atoms with Crippen LogP contribution in [-0.2, 0) is 6.18 Å². The van der Waals surface area contributed by atoms with Crippen LogP contribution >= 0.6 is 0 Å². The van der Waals surface area contributed by atoms with Crippen molar-refractivity contribution in [2.24, 2.45) is 0 Å². The molecule has 0 unspecified atom stereocenters. The van der Waals surface area contributed by atoms with E-state index in [4.69, 9.17) is 5.11 Å². The van der Waals surface area contributed by atoms with Gasteiger partial charge in [0.1, 0.15) is 0 Å². The van der Waals surface area contributed by atoms with Crippen molar-refractivity contribution in [2.45, 2.75) is 6.18 Å². The van der Waals surface area contributed by atoms with Crippen molar-refractivity contribution in [3.63, 3.8) is 0 Å². The highest BCUT2D eigenvalue weighted by Gasteiger charge is 2.31. The molecule has 19 heavy (non-hydrogen) atoms. The number of benzene rings is 2. The molecular weight excluding hydrogens is 257 g/mol. The monoisotopic (exact) mass is 266 g/mol. The largest absolute Gasteiger partial charge is 0.478 e. The Morgan fingerprint density at radius 3 is 2.11 bits per heavy atom. The van der Waals surface area contributed by atoms with Crippen molar-refractivity contribution < 1.29 is 23.1 Å². The van der Waals surface area contributed by atoms with Crippen molar-refractivity contribution in [2.75, 3.05) is 0 Å². The van der Waals surface area contributed by atoms with E-state index in [1.807, 2.05) is 0 Å². The topological polar surface area (TPSA) is 37.3 Å². The number of carboxylic acids is 1. The molecule has 0 aromatic heterocycles. The first-order valence-electron chi connectivity index (χ1n) is 5.39. The molecule has 0 aliphatic carbocycles. The van der Waals surface area contributed by atoms with Crippen LogP contribution in [0, 0.1) is 0 Å². The highest BCUT2D eigenvalue weighted by Crippen LogP contribution is 2.33. The van der Waals surface area contributed by atoms with Gasteiger partial charge in [0, 0.05) is 0 Å². The maximum atomic E-state index is 12.7. The molecule has 0 aliphatic heterocycles. The highest BCUT2D eigenvalue weighted by atomic mass is 19.4. The standard InChI is InChI=1S/C14H9F3O2/c15-14(16,17)12-7-10(6-11(8-12)13(18)19)9-4-2-1-3-5-9/h1-8H,(H,18,19). The summed E-state index contributed by atoms with van der Waals surface area (Å²) in [5, 5.41) is 8.88. The van der Waals surface area contributed by atoms with Crippen molar-refractivity contribution in [3.05, 3.63) is 59.7 Å². The Morgan fingerprint density at radius 2 is 1.58 bits per heavy atom. The van der Waals surface area contributed by atoms with Gasteiger partial charge in [-0.15, -0.1) is 0 Å². The molecule has 0 heterocycles. The van der Waals surface area contributed by atoms with Crippen LogP contribution in [0.1, 0.15) is 15.9 Å². The summed E-state index contributed by atoms with van der Waals surface area (Å²) in [5.74, 6) is -1.39. The van der Waals surface area contributed by atoms with E-state index in [0.717, 1.165) is 6.07 Å². The van der Waals surface area contributed by atoms with Gasteiger partial charge in [0.15, 0.2) is 0 Å². The third kappa shape index (κ3) is 2.93. The molecule has 0 amide bonds. The fourth-order valence-electron chi connectivity index (χ4n) is 1.71. The van der Waals surface area contributed by atoms with E-state index in [9.17, 15) is 18.0 Å². The van der Waals surface area contributed by atoms with Gasteiger partial charge in [-0.1, -0.05) is 30.3 Å². The van der Waals surface area contributed by atoms with E-state index in [1.54, 1.807) is 30.3 Å². The Kier molecular flexibility index (Phi) is 3.29. The van der Waals surface area contributed by atoms with Crippen molar-refractivity contribution in [1.29, 1.82) is 0 Å². The molecule has 0 atom stereocenters. The van der Waals surface area contributed by atoms with Crippen LogP contribution in [0.15, 0.2) is 48.5 Å². The van der Waals surface area contributed by atoms with Gasteiger partial charge in [-0.05, 0) is 29.3 Å². The maximum Gasteiger partial charge on any atom is 0.416 e. The normalized spacial score (nSPS) is 11.3. The van der Waals surface area contributed by atoms with Crippen LogP contribution in [0.25, 0.3) is 11.1 Å². The minimum atomic E-state index is -4.57. The number of rotatable bonds is 2. The van der Waals surface area contributed by atoms with Crippen LogP contribution in [0.3, 0.4) is 0 Å². The van der Waals surface area contributed by atoms with Gasteiger partial charge in [0.25, 0.3) is 0 Å². The Labute approximate surface area is 107 Å². The van der Waals surface area contributed by atoms with E-state index < -0.39 is 17.7 Å². The summed E-state index contributed by atoms with van der Waals surface area (Å²) in [5.41, 5.74) is -0.580. The summed E-state index contributed by atoms with van der Waals surface area (Å²) >= 11 is 0. The maximum absolute atomic E-state index is 12.7. The molecule has 0 bridgehead atoms. The molecule has 2 aromatic carbocycles. The van der Waals surface area contributed by atoms with Gasteiger partial charge in [0.2, 0.25) is 0 Å². The lowest BCUT2D eigenvalue weighted by Crippen LogP contribution is -2.08. The molecule has 98 valence electrons. The zero-order chi connectivity index (χ0) is 14.0. The second-order valence-corrected chi connectivity index (χ2v) is 3.97. The molecule has 0 saturated heterocycles. The molecule has 1 N–H and O–H groups in total. The van der Waals surface area contributed by atoms with Crippen LogP contribution < -0.4 is 0 Å². The molecule has 2 nitrogen and oxygen atoms in total. The van der Waals surface area contributed by atoms with Crippen molar-refractivity contribution in [1.82, 2.24) is 0 Å². The fourth-order valence-corrected chi connectivity index (χ4v) is 1.71. The summed E-state index contributed by atoms with van der Waals surface area (Å²) < 4.78 is 38.2. The van der Waals surface area contributed by atoms with Crippen molar-refractivity contribution in [3.8, 4) is 11.1 Å². The first-order valence-corrected chi connectivity index (χ1v) is 5.39. The quantitative estimate of drug-likeness (QED) is 0.889. The molecule has 0 radical (unpaired) electrons. The minimum Gasteiger partial charge on any atom is -0.478 e. The average molecular weight is 266 g/mol. The Bertz CT molecular complexity index is 604. The predicted octanol–water partition coefficient (Wildman–Crippen LogP) is 4.07. The molecular formula is C14H9F3O2. The average Bonchev–Trinajstić information content (AvgIpc) is 2.38. The van der Waals surface area contributed by atoms with Crippen LogP contribution in [0.5, 0.6) is 0 Å². The molecule has 0 fully saturated rings. The van der Waals surface area contributed by atoms with E-state index in [1.165, 1.54) is 6.07 Å². The first-order chi connectivity index (χ1) is 8.88. The number of alkyl halides is 3. The predicted molar refractivity (Wildman–Crippen MR) is 63.8 cm³/mol. The summed E-state index contributed by atoms with van der Waals surface area (Å²) in [6.07, 6.45) is -4.57. The lowest BCUT2D eigenvalue weighted by molar-refractivity contribution is -0.137. The molecule has 0 saturated carbocycles. The van der Waals surface area contributed by atoms with Crippen LogP contribution in [-0.4, -0.2) is 11.1 Å². The lowest BCUT2D eigenvalue weighted by atomic mass is 9.99. The number of halogens is 3. The minimum absolute atomic E-state index is 0.229. The summed E-state index contributed by atoms with van der Waals surface area (Å²) in [6.45, 7) is 0. The summed E-state index contributed by atoms with van der Waals surface area (Å²) in [6, 6.07) is 11.1. The van der Waals surface area contributed by atoms with Gasteiger partial charge in [-0.25, -0.2) is 4.79 Å². The SMILES string of the molecule is O=C(O)c1cc(-c2ccccc2)cc(C(F)(F)F)c1. The third-order valence-electron chi connectivity index (χ3n) is 2.61. The van der Waals surface area contributed by atoms with Crippen LogP contribution in [0.2, 0.25) is 0 Å². The molecule has 0 spiro atoms. The molecule has 5 heteroatoms.